The lowest BCUT2D eigenvalue weighted by molar-refractivity contribution is 0.253. The fraction of sp³-hybridized carbons (Fsp3) is 0. The molecule has 0 heterocycles. The maximum Gasteiger partial charge on any atom is 0.340 e. The average molecular weight is 413 g/mol. The van der Waals surface area contributed by atoms with Crippen molar-refractivity contribution in [3.63, 3.8) is 0 Å². The average Bonchev–Trinajstić information content (AvgIpc) is 2.68. The number of hydrogen-bond donors (Lipinski definition) is 1. The molecule has 7 heteroatoms. The Morgan fingerprint density at radius 1 is 0.857 bits per heavy atom. The number of halogens is 1. The zero-order chi connectivity index (χ0) is 20.0. The third-order valence-corrected chi connectivity index (χ3v) is 4.94. The molecular formula is C21H17ClN2O3S. The molecule has 3 aromatic carbocycles. The number of rotatable bonds is 5. The number of benzene rings is 3. The van der Waals surface area contributed by atoms with Gasteiger partial charge in [0, 0.05) is 5.02 Å². The Morgan fingerprint density at radius 3 is 1.96 bits per heavy atom. The maximum absolute atomic E-state index is 12.8. The van der Waals surface area contributed by atoms with Crippen molar-refractivity contribution in [2.24, 2.45) is 0 Å². The Balaban J connectivity index is 1.85. The quantitative estimate of drug-likeness (QED) is 0.627. The van der Waals surface area contributed by atoms with Crippen LogP contribution in [0.15, 0.2) is 90.3 Å². The first-order chi connectivity index (χ1) is 13.4. The van der Waals surface area contributed by atoms with Crippen molar-refractivity contribution >= 4 is 45.1 Å². The van der Waals surface area contributed by atoms with E-state index in [1.54, 1.807) is 72.8 Å². The number of urea groups is 1. The highest BCUT2D eigenvalue weighted by molar-refractivity contribution is 7.93. The lowest BCUT2D eigenvalue weighted by Gasteiger charge is -2.22. The summed E-state index contributed by atoms with van der Waals surface area (Å²) in [5.41, 5.74) is 1.69. The molecule has 0 aromatic heterocycles. The number of hydrogen-bond acceptors (Lipinski definition) is 3. The van der Waals surface area contributed by atoms with Crippen LogP contribution in [-0.2, 0) is 10.0 Å². The van der Waals surface area contributed by atoms with Gasteiger partial charge >= 0.3 is 6.03 Å². The third-order valence-electron chi connectivity index (χ3n) is 3.75. The standard InChI is InChI=1S/C21H17ClN2O3S/c22-18-9-7-8-17(16-18)14-15-28(26,27)23-21(25)24(19-10-3-1-4-11-19)20-12-5-2-6-13-20/h1-16H,(H,23,25)/b15-14+. The van der Waals surface area contributed by atoms with Gasteiger partial charge in [0.25, 0.3) is 10.0 Å². The van der Waals surface area contributed by atoms with E-state index in [1.807, 2.05) is 12.1 Å². The Kier molecular flexibility index (Phi) is 6.13. The molecule has 0 unspecified atom stereocenters. The second-order valence-corrected chi connectivity index (χ2v) is 7.82. The van der Waals surface area contributed by atoms with Crippen LogP contribution in [0.4, 0.5) is 16.2 Å². The first kappa shape index (κ1) is 19.7. The van der Waals surface area contributed by atoms with Crippen LogP contribution in [0.3, 0.4) is 0 Å². The van der Waals surface area contributed by atoms with Crippen molar-refractivity contribution < 1.29 is 13.2 Å². The van der Waals surface area contributed by atoms with Gasteiger partial charge in [-0.25, -0.2) is 17.9 Å². The molecule has 0 fully saturated rings. The zero-order valence-electron chi connectivity index (χ0n) is 14.7. The van der Waals surface area contributed by atoms with Crippen LogP contribution in [0.1, 0.15) is 5.56 Å². The molecule has 0 aliphatic carbocycles. The Hall–Kier alpha value is -3.09. The van der Waals surface area contributed by atoms with E-state index in [2.05, 4.69) is 4.72 Å². The molecule has 0 spiro atoms. The first-order valence-corrected chi connectivity index (χ1v) is 10.3. The van der Waals surface area contributed by atoms with Crippen molar-refractivity contribution in [3.8, 4) is 0 Å². The summed E-state index contributed by atoms with van der Waals surface area (Å²) in [7, 11) is -4.02. The molecule has 2 amide bonds. The Labute approximate surface area is 168 Å². The van der Waals surface area contributed by atoms with E-state index < -0.39 is 16.1 Å². The third kappa shape index (κ3) is 5.22. The molecule has 0 aliphatic heterocycles. The smallest absolute Gasteiger partial charge is 0.262 e. The van der Waals surface area contributed by atoms with E-state index in [9.17, 15) is 13.2 Å². The normalized spacial score (nSPS) is 11.3. The van der Waals surface area contributed by atoms with Crippen LogP contribution in [0.25, 0.3) is 6.08 Å². The molecule has 5 nitrogen and oxygen atoms in total. The van der Waals surface area contributed by atoms with Gasteiger partial charge in [-0.15, -0.1) is 0 Å². The van der Waals surface area contributed by atoms with E-state index >= 15 is 0 Å². The van der Waals surface area contributed by atoms with Crippen molar-refractivity contribution in [2.45, 2.75) is 0 Å². The molecule has 28 heavy (non-hydrogen) atoms. The molecule has 0 saturated carbocycles. The monoisotopic (exact) mass is 412 g/mol. The number of carbonyl (C=O) groups is 1. The van der Waals surface area contributed by atoms with Gasteiger partial charge in [-0.1, -0.05) is 60.1 Å². The van der Waals surface area contributed by atoms with Gasteiger partial charge in [-0.2, -0.15) is 0 Å². The van der Waals surface area contributed by atoms with E-state index in [4.69, 9.17) is 11.6 Å². The fourth-order valence-electron chi connectivity index (χ4n) is 2.52. The van der Waals surface area contributed by atoms with Gasteiger partial charge in [-0.05, 0) is 48.0 Å². The van der Waals surface area contributed by atoms with Gasteiger partial charge in [0.05, 0.1) is 16.8 Å². The topological polar surface area (TPSA) is 66.5 Å². The first-order valence-electron chi connectivity index (χ1n) is 8.35. The number of anilines is 2. The number of sulfonamides is 1. The van der Waals surface area contributed by atoms with Gasteiger partial charge in [0.1, 0.15) is 0 Å². The Bertz CT molecular complexity index is 1050. The molecule has 0 aliphatic rings. The SMILES string of the molecule is O=C(NS(=O)(=O)/C=C/c1cccc(Cl)c1)N(c1ccccc1)c1ccccc1. The second-order valence-electron chi connectivity index (χ2n) is 5.82. The highest BCUT2D eigenvalue weighted by atomic mass is 35.5. The minimum absolute atomic E-state index is 0.489. The van der Waals surface area contributed by atoms with Crippen molar-refractivity contribution in [3.05, 3.63) is 101 Å². The fourth-order valence-corrected chi connectivity index (χ4v) is 3.46. The predicted molar refractivity (Wildman–Crippen MR) is 113 cm³/mol. The number of nitrogens with one attached hydrogen (secondary N) is 1. The van der Waals surface area contributed by atoms with Crippen LogP contribution in [0.5, 0.6) is 0 Å². The van der Waals surface area contributed by atoms with Crippen LogP contribution in [-0.4, -0.2) is 14.4 Å². The molecule has 3 aromatic rings. The summed E-state index contributed by atoms with van der Waals surface area (Å²) in [6, 6.07) is 23.5. The van der Waals surface area contributed by atoms with Crippen LogP contribution in [0, 0.1) is 0 Å². The highest BCUT2D eigenvalue weighted by Gasteiger charge is 2.21. The minimum Gasteiger partial charge on any atom is -0.262 e. The molecule has 0 atom stereocenters. The van der Waals surface area contributed by atoms with E-state index in [0.717, 1.165) is 5.41 Å². The highest BCUT2D eigenvalue weighted by Crippen LogP contribution is 2.25. The summed E-state index contributed by atoms with van der Waals surface area (Å²) in [6.07, 6.45) is 1.37. The second kappa shape index (κ2) is 8.73. The summed E-state index contributed by atoms with van der Waals surface area (Å²) in [6.45, 7) is 0. The molecule has 3 rings (SSSR count). The number of carbonyl (C=O) groups excluding carboxylic acids is 1. The molecule has 0 radical (unpaired) electrons. The van der Waals surface area contributed by atoms with Crippen LogP contribution >= 0.6 is 11.6 Å². The summed E-state index contributed by atoms with van der Waals surface area (Å²) >= 11 is 5.90. The van der Waals surface area contributed by atoms with Crippen LogP contribution in [0.2, 0.25) is 5.02 Å². The largest absolute Gasteiger partial charge is 0.340 e. The number of para-hydroxylation sites is 2. The summed E-state index contributed by atoms with van der Waals surface area (Å²) in [5, 5.41) is 1.42. The van der Waals surface area contributed by atoms with Gasteiger partial charge in [-0.3, -0.25) is 4.90 Å². The summed E-state index contributed by atoms with van der Waals surface area (Å²) < 4.78 is 26.9. The van der Waals surface area contributed by atoms with Gasteiger partial charge in [0.15, 0.2) is 0 Å². The zero-order valence-corrected chi connectivity index (χ0v) is 16.3. The Morgan fingerprint density at radius 2 is 1.43 bits per heavy atom. The lowest BCUT2D eigenvalue weighted by atomic mass is 10.2. The summed E-state index contributed by atoms with van der Waals surface area (Å²) in [5.74, 6) is 0. The minimum atomic E-state index is -4.02. The van der Waals surface area contributed by atoms with E-state index in [1.165, 1.54) is 11.0 Å². The lowest BCUT2D eigenvalue weighted by Crippen LogP contribution is -2.39. The molecule has 142 valence electrons. The van der Waals surface area contributed by atoms with E-state index in [0.29, 0.717) is 22.0 Å². The maximum atomic E-state index is 12.8. The van der Waals surface area contributed by atoms with Crippen molar-refractivity contribution in [2.75, 3.05) is 4.90 Å². The van der Waals surface area contributed by atoms with Crippen molar-refractivity contribution in [1.82, 2.24) is 4.72 Å². The van der Waals surface area contributed by atoms with Crippen LogP contribution < -0.4 is 9.62 Å². The van der Waals surface area contributed by atoms with Gasteiger partial charge < -0.3 is 0 Å². The van der Waals surface area contributed by atoms with Crippen molar-refractivity contribution in [1.29, 1.82) is 0 Å². The number of amides is 2. The molecule has 1 N–H and O–H groups in total. The molecular weight excluding hydrogens is 396 g/mol. The molecule has 0 saturated heterocycles. The van der Waals surface area contributed by atoms with E-state index in [-0.39, 0.29) is 0 Å². The number of nitrogens with zero attached hydrogens (tertiary/aromatic N) is 1. The molecule has 0 bridgehead atoms. The van der Waals surface area contributed by atoms with Gasteiger partial charge in [0.2, 0.25) is 0 Å². The predicted octanol–water partition coefficient (Wildman–Crippen LogP) is 5.19. The summed E-state index contributed by atoms with van der Waals surface area (Å²) in [4.78, 5) is 14.1.